The molecule has 5 heteroatoms. The van der Waals surface area contributed by atoms with Crippen molar-refractivity contribution >= 4 is 0 Å². The second kappa shape index (κ2) is 12.2. The number of nitrogens with zero attached hydrogens (tertiary/aromatic N) is 1. The predicted octanol–water partition coefficient (Wildman–Crippen LogP) is 5.31. The highest BCUT2D eigenvalue weighted by atomic mass is 19.1. The van der Waals surface area contributed by atoms with Crippen molar-refractivity contribution in [1.82, 2.24) is 5.32 Å². The molecular weight excluding hydrogens is 367 g/mol. The third kappa shape index (κ3) is 6.85. The van der Waals surface area contributed by atoms with E-state index < -0.39 is 5.82 Å². The summed E-state index contributed by atoms with van der Waals surface area (Å²) in [6.45, 7) is 7.09. The van der Waals surface area contributed by atoms with Crippen molar-refractivity contribution in [3.63, 3.8) is 0 Å². The van der Waals surface area contributed by atoms with Crippen LogP contribution in [0, 0.1) is 23.1 Å². The van der Waals surface area contributed by atoms with E-state index in [-0.39, 0.29) is 5.56 Å². The van der Waals surface area contributed by atoms with Crippen LogP contribution in [0.25, 0.3) is 11.1 Å². The fraction of sp³-hybridized carbons (Fsp3) is 0.458. The molecule has 1 N–H and O–H groups in total. The lowest BCUT2D eigenvalue weighted by molar-refractivity contribution is 0.0353. The molecule has 1 saturated heterocycles. The van der Waals surface area contributed by atoms with Gasteiger partial charge in [-0.15, -0.1) is 0 Å². The maximum atomic E-state index is 14.1. The van der Waals surface area contributed by atoms with Crippen molar-refractivity contribution in [2.24, 2.45) is 5.92 Å². The first-order chi connectivity index (χ1) is 14.1. The van der Waals surface area contributed by atoms with E-state index >= 15 is 0 Å². The molecule has 0 saturated carbocycles. The lowest BCUT2D eigenvalue weighted by atomic mass is 10.00. The van der Waals surface area contributed by atoms with Crippen LogP contribution in [0.5, 0.6) is 5.75 Å². The lowest BCUT2D eigenvalue weighted by Gasteiger charge is -2.23. The molecule has 0 aromatic heterocycles. The third-order valence-corrected chi connectivity index (χ3v) is 4.55. The summed E-state index contributed by atoms with van der Waals surface area (Å²) < 4.78 is 25.7. The molecule has 2 aromatic rings. The molecule has 1 unspecified atom stereocenters. The van der Waals surface area contributed by atoms with Crippen LogP contribution >= 0.6 is 0 Å². The van der Waals surface area contributed by atoms with E-state index in [9.17, 15) is 4.39 Å². The van der Waals surface area contributed by atoms with Gasteiger partial charge in [-0.3, -0.25) is 0 Å². The summed E-state index contributed by atoms with van der Waals surface area (Å²) in [5.41, 5.74) is 2.66. The topological polar surface area (TPSA) is 54.3 Å². The molecule has 0 radical (unpaired) electrons. The highest BCUT2D eigenvalue weighted by Crippen LogP contribution is 2.33. The van der Waals surface area contributed by atoms with Crippen molar-refractivity contribution in [3.8, 4) is 22.9 Å². The van der Waals surface area contributed by atoms with E-state index in [0.717, 1.165) is 42.9 Å². The summed E-state index contributed by atoms with van der Waals surface area (Å²) in [6.07, 6.45) is 3.40. The van der Waals surface area contributed by atoms with Gasteiger partial charge >= 0.3 is 0 Å². The molecule has 2 aromatic carbocycles. The zero-order valence-corrected chi connectivity index (χ0v) is 17.6. The van der Waals surface area contributed by atoms with Gasteiger partial charge in [-0.05, 0) is 55.3 Å². The van der Waals surface area contributed by atoms with E-state index in [1.807, 2.05) is 31.3 Å². The minimum atomic E-state index is -0.518. The Kier molecular flexibility index (Phi) is 9.63. The van der Waals surface area contributed by atoms with E-state index in [4.69, 9.17) is 14.7 Å². The van der Waals surface area contributed by atoms with Crippen molar-refractivity contribution in [1.29, 1.82) is 5.26 Å². The van der Waals surface area contributed by atoms with Gasteiger partial charge in [-0.1, -0.05) is 32.4 Å². The van der Waals surface area contributed by atoms with Gasteiger partial charge in [-0.25, -0.2) is 4.39 Å². The molecule has 1 aliphatic heterocycles. The van der Waals surface area contributed by atoms with Gasteiger partial charge in [0.05, 0.1) is 18.8 Å². The Morgan fingerprint density at radius 2 is 2.03 bits per heavy atom. The van der Waals surface area contributed by atoms with Gasteiger partial charge in [0, 0.05) is 24.6 Å². The van der Waals surface area contributed by atoms with E-state index in [1.54, 1.807) is 6.07 Å². The first-order valence-corrected chi connectivity index (χ1v) is 10.3. The molecule has 1 fully saturated rings. The Labute approximate surface area is 173 Å². The van der Waals surface area contributed by atoms with Crippen LogP contribution in [0.15, 0.2) is 36.4 Å². The second-order valence-corrected chi connectivity index (χ2v) is 7.27. The van der Waals surface area contributed by atoms with Gasteiger partial charge in [0.15, 0.2) is 0 Å². The fourth-order valence-electron chi connectivity index (χ4n) is 3.16. The lowest BCUT2D eigenvalue weighted by Crippen LogP contribution is -2.23. The fourth-order valence-corrected chi connectivity index (χ4v) is 3.16. The molecule has 0 spiro atoms. The minimum absolute atomic E-state index is 0.0435. The van der Waals surface area contributed by atoms with Crippen molar-refractivity contribution in [2.45, 2.75) is 39.7 Å². The van der Waals surface area contributed by atoms with Crippen LogP contribution in [-0.4, -0.2) is 26.9 Å². The molecule has 0 bridgehead atoms. The van der Waals surface area contributed by atoms with Gasteiger partial charge in [0.1, 0.15) is 17.6 Å². The average molecular weight is 399 g/mol. The van der Waals surface area contributed by atoms with Crippen LogP contribution in [0.2, 0.25) is 0 Å². The molecule has 3 rings (SSSR count). The summed E-state index contributed by atoms with van der Waals surface area (Å²) in [4.78, 5) is 0. The number of benzene rings is 2. The van der Waals surface area contributed by atoms with E-state index in [2.05, 4.69) is 19.2 Å². The molecule has 1 aliphatic rings. The average Bonchev–Trinajstić information content (AvgIpc) is 2.74. The molecule has 0 amide bonds. The summed E-state index contributed by atoms with van der Waals surface area (Å²) >= 11 is 0. The van der Waals surface area contributed by atoms with Gasteiger partial charge in [0.2, 0.25) is 0 Å². The number of nitrogens with one attached hydrogen (secondary N) is 1. The van der Waals surface area contributed by atoms with Crippen LogP contribution in [0.1, 0.15) is 44.2 Å². The standard InChI is InChI=1S/C21H23FN2O2.C3H8/c1-24-12-15-4-7-21(26-14-16-3-2-8-25-13-16)19(9-15)17-5-6-18(11-23)20(22)10-17;1-3-2/h4-7,9-10,16,24H,2-3,8,12-14H2,1H3;3H2,1-2H3. The Morgan fingerprint density at radius 3 is 2.66 bits per heavy atom. The summed E-state index contributed by atoms with van der Waals surface area (Å²) in [6, 6.07) is 12.5. The molecule has 4 nitrogen and oxygen atoms in total. The zero-order chi connectivity index (χ0) is 21.1. The Bertz CT molecular complexity index is 811. The third-order valence-electron chi connectivity index (χ3n) is 4.55. The monoisotopic (exact) mass is 398 g/mol. The van der Waals surface area contributed by atoms with Gasteiger partial charge < -0.3 is 14.8 Å². The van der Waals surface area contributed by atoms with Crippen LogP contribution in [0.3, 0.4) is 0 Å². The smallest absolute Gasteiger partial charge is 0.141 e. The Hall–Kier alpha value is -2.42. The predicted molar refractivity (Wildman–Crippen MR) is 114 cm³/mol. The number of hydrogen-bond donors (Lipinski definition) is 1. The molecule has 29 heavy (non-hydrogen) atoms. The maximum absolute atomic E-state index is 14.1. The van der Waals surface area contributed by atoms with Crippen molar-refractivity contribution in [3.05, 3.63) is 53.3 Å². The highest BCUT2D eigenvalue weighted by Gasteiger charge is 2.16. The number of hydrogen-bond acceptors (Lipinski definition) is 4. The number of rotatable bonds is 6. The van der Waals surface area contributed by atoms with Crippen molar-refractivity contribution in [2.75, 3.05) is 26.9 Å². The SMILES string of the molecule is CCC.CNCc1ccc(OCC2CCCOC2)c(-c2ccc(C#N)c(F)c2)c1. The largest absolute Gasteiger partial charge is 0.493 e. The first kappa shape index (κ1) is 22.9. The summed E-state index contributed by atoms with van der Waals surface area (Å²) in [5, 5.41) is 12.1. The molecular formula is C24H31FN2O2. The number of ether oxygens (including phenoxy) is 2. The van der Waals surface area contributed by atoms with Crippen LogP contribution in [0.4, 0.5) is 4.39 Å². The molecule has 156 valence electrons. The second-order valence-electron chi connectivity index (χ2n) is 7.27. The zero-order valence-electron chi connectivity index (χ0n) is 17.6. The molecule has 1 atom stereocenters. The number of halogens is 1. The highest BCUT2D eigenvalue weighted by molar-refractivity contribution is 5.72. The van der Waals surface area contributed by atoms with Crippen LogP contribution in [-0.2, 0) is 11.3 Å². The Balaban J connectivity index is 0.000000941. The van der Waals surface area contributed by atoms with E-state index in [0.29, 0.717) is 24.6 Å². The normalized spacial score (nSPS) is 15.8. The van der Waals surface area contributed by atoms with E-state index in [1.165, 1.54) is 18.6 Å². The summed E-state index contributed by atoms with van der Waals surface area (Å²) in [5.74, 6) is 0.585. The van der Waals surface area contributed by atoms with Crippen LogP contribution < -0.4 is 10.1 Å². The first-order valence-electron chi connectivity index (χ1n) is 10.3. The molecule has 1 heterocycles. The Morgan fingerprint density at radius 1 is 1.24 bits per heavy atom. The number of nitriles is 1. The van der Waals surface area contributed by atoms with Gasteiger partial charge in [-0.2, -0.15) is 5.26 Å². The van der Waals surface area contributed by atoms with Gasteiger partial charge in [0.25, 0.3) is 0 Å². The molecule has 0 aliphatic carbocycles. The summed E-state index contributed by atoms with van der Waals surface area (Å²) in [7, 11) is 1.88. The maximum Gasteiger partial charge on any atom is 0.141 e. The quantitative estimate of drug-likeness (QED) is 0.717. The van der Waals surface area contributed by atoms with Crippen molar-refractivity contribution < 1.29 is 13.9 Å². The minimum Gasteiger partial charge on any atom is -0.493 e.